The van der Waals surface area contributed by atoms with Gasteiger partial charge >= 0.3 is 0 Å². The van der Waals surface area contributed by atoms with Crippen LogP contribution >= 0.6 is 0 Å². The van der Waals surface area contributed by atoms with E-state index < -0.39 is 6.10 Å². The number of hydrogen-bond acceptors (Lipinski definition) is 4. The molecule has 1 aliphatic heterocycles. The predicted molar refractivity (Wildman–Crippen MR) is 96.2 cm³/mol. The van der Waals surface area contributed by atoms with Crippen molar-refractivity contribution in [3.63, 3.8) is 0 Å². The second-order valence-electron chi connectivity index (χ2n) is 6.06. The Bertz CT molecular complexity index is 627. The molecule has 0 unspecified atom stereocenters. The molecule has 2 atom stereocenters. The Morgan fingerprint density at radius 3 is 2.42 bits per heavy atom. The standard InChI is InChI=1S/C20H26N2O2/c1-2-24-18-11-7-6-10-17(18)20(23)19(16-8-4-3-5-9-16)22-14-12-21-13-15-22/h3-11,19-21,23H,2,12-15H2,1H3/t19-,20-/m0/s1. The highest BCUT2D eigenvalue weighted by molar-refractivity contribution is 5.37. The predicted octanol–water partition coefficient (Wildman–Crippen LogP) is 2.77. The summed E-state index contributed by atoms with van der Waals surface area (Å²) < 4.78 is 5.74. The maximum atomic E-state index is 11.3. The first kappa shape index (κ1) is 17.0. The quantitative estimate of drug-likeness (QED) is 0.857. The first-order valence-electron chi connectivity index (χ1n) is 8.70. The second-order valence-corrected chi connectivity index (χ2v) is 6.06. The topological polar surface area (TPSA) is 44.7 Å². The van der Waals surface area contributed by atoms with Crippen molar-refractivity contribution in [2.24, 2.45) is 0 Å². The molecule has 3 rings (SSSR count). The molecule has 0 aliphatic carbocycles. The molecular weight excluding hydrogens is 300 g/mol. The number of aliphatic hydroxyl groups is 1. The van der Waals surface area contributed by atoms with Crippen molar-refractivity contribution < 1.29 is 9.84 Å². The zero-order valence-corrected chi connectivity index (χ0v) is 14.2. The van der Waals surface area contributed by atoms with Crippen LogP contribution in [0.2, 0.25) is 0 Å². The third-order valence-corrected chi connectivity index (χ3v) is 4.52. The third-order valence-electron chi connectivity index (χ3n) is 4.52. The van der Waals surface area contributed by atoms with E-state index in [1.165, 1.54) is 0 Å². The normalized spacial score (nSPS) is 18.1. The number of piperazine rings is 1. The van der Waals surface area contributed by atoms with Crippen LogP contribution in [0.4, 0.5) is 0 Å². The first-order valence-corrected chi connectivity index (χ1v) is 8.70. The fourth-order valence-corrected chi connectivity index (χ4v) is 3.39. The van der Waals surface area contributed by atoms with E-state index >= 15 is 0 Å². The zero-order chi connectivity index (χ0) is 16.8. The van der Waals surface area contributed by atoms with Gasteiger partial charge in [-0.05, 0) is 18.6 Å². The smallest absolute Gasteiger partial charge is 0.125 e. The number of para-hydroxylation sites is 1. The van der Waals surface area contributed by atoms with Crippen molar-refractivity contribution in [3.05, 3.63) is 65.7 Å². The summed E-state index contributed by atoms with van der Waals surface area (Å²) in [5.74, 6) is 0.767. The summed E-state index contributed by atoms with van der Waals surface area (Å²) in [6, 6.07) is 18.0. The molecule has 0 aromatic heterocycles. The summed E-state index contributed by atoms with van der Waals surface area (Å²) in [4.78, 5) is 2.36. The monoisotopic (exact) mass is 326 g/mol. The van der Waals surface area contributed by atoms with Crippen LogP contribution in [0.25, 0.3) is 0 Å². The molecule has 0 amide bonds. The average Bonchev–Trinajstić information content (AvgIpc) is 2.64. The van der Waals surface area contributed by atoms with Crippen molar-refractivity contribution in [2.45, 2.75) is 19.1 Å². The summed E-state index contributed by atoms with van der Waals surface area (Å²) in [6.45, 7) is 6.30. The number of benzene rings is 2. The summed E-state index contributed by atoms with van der Waals surface area (Å²) >= 11 is 0. The molecule has 0 saturated carbocycles. The minimum absolute atomic E-state index is 0.0742. The number of aliphatic hydroxyl groups excluding tert-OH is 1. The van der Waals surface area contributed by atoms with Crippen LogP contribution in [0.15, 0.2) is 54.6 Å². The van der Waals surface area contributed by atoms with Gasteiger partial charge < -0.3 is 15.2 Å². The van der Waals surface area contributed by atoms with Crippen LogP contribution in [-0.4, -0.2) is 42.8 Å². The minimum Gasteiger partial charge on any atom is -0.493 e. The van der Waals surface area contributed by atoms with Crippen LogP contribution in [-0.2, 0) is 0 Å². The van der Waals surface area contributed by atoms with Crippen molar-refractivity contribution in [1.82, 2.24) is 10.2 Å². The molecule has 0 bridgehead atoms. The van der Waals surface area contributed by atoms with Gasteiger partial charge in [0, 0.05) is 31.7 Å². The molecule has 4 heteroatoms. The molecule has 1 saturated heterocycles. The van der Waals surface area contributed by atoms with Crippen LogP contribution < -0.4 is 10.1 Å². The molecule has 4 nitrogen and oxygen atoms in total. The van der Waals surface area contributed by atoms with Gasteiger partial charge in [0.15, 0.2) is 0 Å². The largest absolute Gasteiger partial charge is 0.493 e. The van der Waals surface area contributed by atoms with E-state index in [0.717, 1.165) is 43.1 Å². The fourth-order valence-electron chi connectivity index (χ4n) is 3.39. The molecular formula is C20H26N2O2. The van der Waals surface area contributed by atoms with Crippen molar-refractivity contribution >= 4 is 0 Å². The number of nitrogens with one attached hydrogen (secondary N) is 1. The first-order chi connectivity index (χ1) is 11.8. The lowest BCUT2D eigenvalue weighted by Crippen LogP contribution is -2.46. The highest BCUT2D eigenvalue weighted by Crippen LogP contribution is 2.38. The van der Waals surface area contributed by atoms with Crippen molar-refractivity contribution in [1.29, 1.82) is 0 Å². The van der Waals surface area contributed by atoms with E-state index in [-0.39, 0.29) is 6.04 Å². The molecule has 1 heterocycles. The molecule has 128 valence electrons. The Morgan fingerprint density at radius 2 is 1.71 bits per heavy atom. The average molecular weight is 326 g/mol. The SMILES string of the molecule is CCOc1ccccc1[C@H](O)[C@H](c1ccccc1)N1CCNCC1. The lowest BCUT2D eigenvalue weighted by atomic mass is 9.93. The minimum atomic E-state index is -0.631. The van der Waals surface area contributed by atoms with E-state index in [0.29, 0.717) is 6.61 Å². The van der Waals surface area contributed by atoms with Crippen LogP contribution in [0.3, 0.4) is 0 Å². The third kappa shape index (κ3) is 3.78. The number of nitrogens with zero attached hydrogens (tertiary/aromatic N) is 1. The number of ether oxygens (including phenoxy) is 1. The van der Waals surface area contributed by atoms with Gasteiger partial charge in [0.1, 0.15) is 11.9 Å². The fraction of sp³-hybridized carbons (Fsp3) is 0.400. The van der Waals surface area contributed by atoms with Gasteiger partial charge in [0.2, 0.25) is 0 Å². The highest BCUT2D eigenvalue weighted by atomic mass is 16.5. The molecule has 1 fully saturated rings. The Balaban J connectivity index is 1.95. The van der Waals surface area contributed by atoms with Gasteiger partial charge in [0.05, 0.1) is 12.6 Å². The van der Waals surface area contributed by atoms with Gasteiger partial charge in [-0.3, -0.25) is 4.90 Å². The molecule has 1 aliphatic rings. The summed E-state index contributed by atoms with van der Waals surface area (Å²) in [7, 11) is 0. The Morgan fingerprint density at radius 1 is 1.04 bits per heavy atom. The van der Waals surface area contributed by atoms with E-state index in [2.05, 4.69) is 22.3 Å². The van der Waals surface area contributed by atoms with E-state index in [9.17, 15) is 5.11 Å². The Labute approximate surface area is 144 Å². The maximum Gasteiger partial charge on any atom is 0.125 e. The van der Waals surface area contributed by atoms with Crippen LogP contribution in [0, 0.1) is 0 Å². The molecule has 0 spiro atoms. The molecule has 2 N–H and O–H groups in total. The summed E-state index contributed by atoms with van der Waals surface area (Å²) in [5.41, 5.74) is 1.99. The number of rotatable bonds is 6. The molecule has 0 radical (unpaired) electrons. The summed E-state index contributed by atoms with van der Waals surface area (Å²) in [5, 5.41) is 14.6. The van der Waals surface area contributed by atoms with E-state index in [1.807, 2.05) is 49.4 Å². The Kier molecular flexibility index (Phi) is 5.86. The van der Waals surface area contributed by atoms with Gasteiger partial charge in [-0.2, -0.15) is 0 Å². The lowest BCUT2D eigenvalue weighted by Gasteiger charge is -2.38. The van der Waals surface area contributed by atoms with Gasteiger partial charge in [-0.1, -0.05) is 48.5 Å². The lowest BCUT2D eigenvalue weighted by molar-refractivity contribution is 0.0384. The number of hydrogen-bond donors (Lipinski definition) is 2. The second kappa shape index (κ2) is 8.29. The van der Waals surface area contributed by atoms with Crippen LogP contribution in [0.1, 0.15) is 30.2 Å². The van der Waals surface area contributed by atoms with Crippen LogP contribution in [0.5, 0.6) is 5.75 Å². The molecule has 2 aromatic carbocycles. The van der Waals surface area contributed by atoms with Crippen molar-refractivity contribution in [3.8, 4) is 5.75 Å². The maximum absolute atomic E-state index is 11.3. The van der Waals surface area contributed by atoms with E-state index in [4.69, 9.17) is 4.74 Å². The van der Waals surface area contributed by atoms with Gasteiger partial charge in [-0.15, -0.1) is 0 Å². The van der Waals surface area contributed by atoms with Crippen molar-refractivity contribution in [2.75, 3.05) is 32.8 Å². The molecule has 24 heavy (non-hydrogen) atoms. The Hall–Kier alpha value is -1.88. The highest BCUT2D eigenvalue weighted by Gasteiger charge is 2.31. The summed E-state index contributed by atoms with van der Waals surface area (Å²) in [6.07, 6.45) is -0.631. The van der Waals surface area contributed by atoms with Gasteiger partial charge in [-0.25, -0.2) is 0 Å². The van der Waals surface area contributed by atoms with Gasteiger partial charge in [0.25, 0.3) is 0 Å². The zero-order valence-electron chi connectivity index (χ0n) is 14.2. The van der Waals surface area contributed by atoms with E-state index in [1.54, 1.807) is 0 Å². The molecule has 2 aromatic rings.